The van der Waals surface area contributed by atoms with E-state index in [1.807, 2.05) is 19.1 Å². The largest absolute Gasteiger partial charge is 0.329 e. The molecule has 21 heavy (non-hydrogen) atoms. The fourth-order valence-electron chi connectivity index (χ4n) is 2.90. The van der Waals surface area contributed by atoms with Gasteiger partial charge < -0.3 is 11.1 Å². The molecule has 2 atom stereocenters. The number of piperidine rings is 1. The lowest BCUT2D eigenvalue weighted by Gasteiger charge is -2.37. The van der Waals surface area contributed by atoms with E-state index in [0.717, 1.165) is 30.6 Å². The van der Waals surface area contributed by atoms with Crippen LogP contribution in [0.2, 0.25) is 0 Å². The van der Waals surface area contributed by atoms with E-state index < -0.39 is 0 Å². The van der Waals surface area contributed by atoms with Gasteiger partial charge >= 0.3 is 0 Å². The molecule has 0 saturated carbocycles. The summed E-state index contributed by atoms with van der Waals surface area (Å²) in [6.07, 6.45) is 2.23. The van der Waals surface area contributed by atoms with Gasteiger partial charge in [0.25, 0.3) is 0 Å². The Morgan fingerprint density at radius 1 is 1.52 bits per heavy atom. The standard InChI is InChI=1S/C16H24IN3O/c1-11-5-6-20(14(7-11)9-18)10-16(21)19-15-4-3-13(17)8-12(15)2/h3-4,8,11,14H,5-7,9-10,18H2,1-2H3,(H,19,21). The highest BCUT2D eigenvalue weighted by Gasteiger charge is 2.26. The van der Waals surface area contributed by atoms with Gasteiger partial charge in [0.1, 0.15) is 0 Å². The number of nitrogens with two attached hydrogens (primary N) is 1. The average molecular weight is 401 g/mol. The first-order chi connectivity index (χ1) is 9.99. The van der Waals surface area contributed by atoms with Crippen molar-refractivity contribution in [2.75, 3.05) is 25.0 Å². The molecule has 2 rings (SSSR count). The zero-order valence-corrected chi connectivity index (χ0v) is 14.9. The van der Waals surface area contributed by atoms with E-state index in [2.05, 4.69) is 45.8 Å². The summed E-state index contributed by atoms with van der Waals surface area (Å²) in [5.74, 6) is 0.753. The molecule has 1 saturated heterocycles. The average Bonchev–Trinajstić information content (AvgIpc) is 2.44. The molecule has 1 aromatic carbocycles. The predicted molar refractivity (Wildman–Crippen MR) is 95.3 cm³/mol. The Morgan fingerprint density at radius 3 is 2.95 bits per heavy atom. The van der Waals surface area contributed by atoms with E-state index in [9.17, 15) is 4.79 Å². The molecule has 0 bridgehead atoms. The first kappa shape index (κ1) is 16.7. The van der Waals surface area contributed by atoms with Gasteiger partial charge in [0, 0.05) is 21.8 Å². The molecule has 1 heterocycles. The molecule has 3 N–H and O–H groups in total. The molecule has 116 valence electrons. The van der Waals surface area contributed by atoms with Crippen LogP contribution in [-0.2, 0) is 4.79 Å². The second-order valence-corrected chi connectivity index (χ2v) is 7.24. The van der Waals surface area contributed by atoms with Crippen molar-refractivity contribution in [3.05, 3.63) is 27.3 Å². The zero-order valence-electron chi connectivity index (χ0n) is 12.7. The van der Waals surface area contributed by atoms with Crippen molar-refractivity contribution < 1.29 is 4.79 Å². The number of nitrogens with zero attached hydrogens (tertiary/aromatic N) is 1. The maximum atomic E-state index is 12.3. The molecule has 1 fully saturated rings. The first-order valence-electron chi connectivity index (χ1n) is 7.49. The molecule has 2 unspecified atom stereocenters. The SMILES string of the molecule is Cc1cc(I)ccc1NC(=O)CN1CCC(C)CC1CN. The van der Waals surface area contributed by atoms with Crippen LogP contribution in [0.5, 0.6) is 0 Å². The van der Waals surface area contributed by atoms with E-state index in [1.165, 1.54) is 3.57 Å². The molecule has 1 aliphatic heterocycles. The lowest BCUT2D eigenvalue weighted by atomic mass is 9.92. The summed E-state index contributed by atoms with van der Waals surface area (Å²) in [4.78, 5) is 14.5. The topological polar surface area (TPSA) is 58.4 Å². The molecular formula is C16H24IN3O. The summed E-state index contributed by atoms with van der Waals surface area (Å²) in [6, 6.07) is 6.38. The van der Waals surface area contributed by atoms with Crippen LogP contribution >= 0.6 is 22.6 Å². The number of benzene rings is 1. The van der Waals surface area contributed by atoms with Gasteiger partial charge in [-0.3, -0.25) is 9.69 Å². The number of hydrogen-bond donors (Lipinski definition) is 2. The molecule has 0 spiro atoms. The maximum Gasteiger partial charge on any atom is 0.238 e. The number of amides is 1. The summed E-state index contributed by atoms with van der Waals surface area (Å²) >= 11 is 2.27. The van der Waals surface area contributed by atoms with Gasteiger partial charge in [0.05, 0.1) is 6.54 Å². The number of nitrogens with one attached hydrogen (secondary N) is 1. The first-order valence-corrected chi connectivity index (χ1v) is 8.57. The molecule has 0 aromatic heterocycles. The van der Waals surface area contributed by atoms with Crippen LogP contribution in [0.25, 0.3) is 0 Å². The quantitative estimate of drug-likeness (QED) is 0.763. The van der Waals surface area contributed by atoms with Gasteiger partial charge in [-0.25, -0.2) is 0 Å². The number of likely N-dealkylation sites (tertiary alicyclic amines) is 1. The highest BCUT2D eigenvalue weighted by atomic mass is 127. The van der Waals surface area contributed by atoms with Gasteiger partial charge in [-0.15, -0.1) is 0 Å². The molecule has 1 amide bonds. The molecular weight excluding hydrogens is 377 g/mol. The van der Waals surface area contributed by atoms with Gasteiger partial charge in [0.15, 0.2) is 0 Å². The highest BCUT2D eigenvalue weighted by Crippen LogP contribution is 2.22. The van der Waals surface area contributed by atoms with Crippen LogP contribution in [-0.4, -0.2) is 36.5 Å². The molecule has 5 heteroatoms. The van der Waals surface area contributed by atoms with Crippen molar-refractivity contribution >= 4 is 34.2 Å². The Kier molecular flexibility index (Phi) is 6.01. The third kappa shape index (κ3) is 4.66. The summed E-state index contributed by atoms with van der Waals surface area (Å²) in [5.41, 5.74) is 7.84. The summed E-state index contributed by atoms with van der Waals surface area (Å²) < 4.78 is 1.18. The molecule has 0 aliphatic carbocycles. The minimum absolute atomic E-state index is 0.0484. The van der Waals surface area contributed by atoms with E-state index in [0.29, 0.717) is 25.0 Å². The number of rotatable bonds is 4. The van der Waals surface area contributed by atoms with Crippen molar-refractivity contribution in [1.29, 1.82) is 0 Å². The minimum Gasteiger partial charge on any atom is -0.329 e. The van der Waals surface area contributed by atoms with Crippen LogP contribution in [0, 0.1) is 16.4 Å². The van der Waals surface area contributed by atoms with E-state index in [1.54, 1.807) is 0 Å². The van der Waals surface area contributed by atoms with Gasteiger partial charge in [0.2, 0.25) is 5.91 Å². The normalized spacial score (nSPS) is 23.0. The Hall–Kier alpha value is -0.660. The number of carbonyl (C=O) groups is 1. The number of halogens is 1. The molecule has 1 aliphatic rings. The Balaban J connectivity index is 1.94. The van der Waals surface area contributed by atoms with Gasteiger partial charge in [-0.1, -0.05) is 6.92 Å². The Morgan fingerprint density at radius 2 is 2.29 bits per heavy atom. The van der Waals surface area contributed by atoms with Crippen molar-refractivity contribution in [3.63, 3.8) is 0 Å². The van der Waals surface area contributed by atoms with Gasteiger partial charge in [-0.05, 0) is 78.6 Å². The number of hydrogen-bond acceptors (Lipinski definition) is 3. The van der Waals surface area contributed by atoms with Crippen LogP contribution in [0.4, 0.5) is 5.69 Å². The van der Waals surface area contributed by atoms with E-state index in [-0.39, 0.29) is 5.91 Å². The molecule has 4 nitrogen and oxygen atoms in total. The third-order valence-electron chi connectivity index (χ3n) is 4.18. The monoisotopic (exact) mass is 401 g/mol. The van der Waals surface area contributed by atoms with Crippen LogP contribution < -0.4 is 11.1 Å². The summed E-state index contributed by atoms with van der Waals surface area (Å²) in [5, 5.41) is 3.02. The number of carbonyl (C=O) groups excluding carboxylic acids is 1. The summed E-state index contributed by atoms with van der Waals surface area (Å²) in [7, 11) is 0. The fraction of sp³-hybridized carbons (Fsp3) is 0.562. The Bertz CT molecular complexity index is 506. The van der Waals surface area contributed by atoms with Crippen LogP contribution in [0.1, 0.15) is 25.3 Å². The lowest BCUT2D eigenvalue weighted by Crippen LogP contribution is -2.49. The van der Waals surface area contributed by atoms with Crippen molar-refractivity contribution in [2.24, 2.45) is 11.7 Å². The van der Waals surface area contributed by atoms with Crippen molar-refractivity contribution in [3.8, 4) is 0 Å². The third-order valence-corrected chi connectivity index (χ3v) is 4.85. The van der Waals surface area contributed by atoms with E-state index in [4.69, 9.17) is 5.73 Å². The zero-order chi connectivity index (χ0) is 15.4. The van der Waals surface area contributed by atoms with E-state index >= 15 is 0 Å². The smallest absolute Gasteiger partial charge is 0.238 e. The van der Waals surface area contributed by atoms with Crippen LogP contribution in [0.3, 0.4) is 0 Å². The minimum atomic E-state index is 0.0484. The predicted octanol–water partition coefficient (Wildman–Crippen LogP) is 2.60. The number of aryl methyl sites for hydroxylation is 1. The summed E-state index contributed by atoms with van der Waals surface area (Å²) in [6.45, 7) is 6.29. The Labute approximate surface area is 140 Å². The van der Waals surface area contributed by atoms with Crippen molar-refractivity contribution in [2.45, 2.75) is 32.7 Å². The number of anilines is 1. The second kappa shape index (κ2) is 7.56. The maximum absolute atomic E-state index is 12.3. The van der Waals surface area contributed by atoms with Crippen LogP contribution in [0.15, 0.2) is 18.2 Å². The molecule has 0 radical (unpaired) electrons. The molecule has 1 aromatic rings. The van der Waals surface area contributed by atoms with Crippen molar-refractivity contribution in [1.82, 2.24) is 4.90 Å². The fourth-order valence-corrected chi connectivity index (χ4v) is 3.54. The second-order valence-electron chi connectivity index (χ2n) is 6.00. The lowest BCUT2D eigenvalue weighted by molar-refractivity contribution is -0.118. The van der Waals surface area contributed by atoms with Gasteiger partial charge in [-0.2, -0.15) is 0 Å². The highest BCUT2D eigenvalue weighted by molar-refractivity contribution is 14.1.